The fourth-order valence-corrected chi connectivity index (χ4v) is 2.89. The number of benzene rings is 1. The molecule has 0 aliphatic rings. The first kappa shape index (κ1) is 15.8. The van der Waals surface area contributed by atoms with Crippen LogP contribution in [0.2, 0.25) is 5.02 Å². The average molecular weight is 371 g/mol. The molecule has 6 heteroatoms. The highest BCUT2D eigenvalue weighted by atomic mass is 79.9. The van der Waals surface area contributed by atoms with E-state index in [1.54, 1.807) is 25.3 Å². The van der Waals surface area contributed by atoms with Gasteiger partial charge in [0.2, 0.25) is 0 Å². The number of carbonyl (C=O) groups is 1. The van der Waals surface area contributed by atoms with E-state index in [2.05, 4.69) is 20.9 Å². The van der Waals surface area contributed by atoms with E-state index in [9.17, 15) is 9.90 Å². The fourth-order valence-electron chi connectivity index (χ4n) is 1.98. The Balaban J connectivity index is 2.28. The summed E-state index contributed by atoms with van der Waals surface area (Å²) in [5, 5.41) is 9.92. The molecule has 0 saturated heterocycles. The van der Waals surface area contributed by atoms with Crippen molar-refractivity contribution in [3.8, 4) is 5.75 Å². The Kier molecular flexibility index (Phi) is 5.20. The van der Waals surface area contributed by atoms with Gasteiger partial charge in [-0.05, 0) is 46.1 Å². The van der Waals surface area contributed by atoms with Crippen molar-refractivity contribution < 1.29 is 14.6 Å². The van der Waals surface area contributed by atoms with Gasteiger partial charge in [0.15, 0.2) is 0 Å². The average Bonchev–Trinajstić information content (AvgIpc) is 2.46. The lowest BCUT2D eigenvalue weighted by molar-refractivity contribution is -0.138. The van der Waals surface area contributed by atoms with Crippen molar-refractivity contribution in [3.05, 3.63) is 57.3 Å². The SMILES string of the molecule is COc1ccc(CC(C(=O)O)c2ncc(Cl)cc2Br)cc1. The summed E-state index contributed by atoms with van der Waals surface area (Å²) in [4.78, 5) is 15.7. The van der Waals surface area contributed by atoms with Gasteiger partial charge in [-0.2, -0.15) is 0 Å². The lowest BCUT2D eigenvalue weighted by atomic mass is 9.96. The maximum Gasteiger partial charge on any atom is 0.312 e. The molecule has 110 valence electrons. The van der Waals surface area contributed by atoms with Crippen molar-refractivity contribution in [1.82, 2.24) is 4.98 Å². The van der Waals surface area contributed by atoms with Crippen molar-refractivity contribution in [2.45, 2.75) is 12.3 Å². The maximum atomic E-state index is 11.5. The Morgan fingerprint density at radius 3 is 2.62 bits per heavy atom. The van der Waals surface area contributed by atoms with E-state index in [-0.39, 0.29) is 0 Å². The van der Waals surface area contributed by atoms with Crippen molar-refractivity contribution in [2.24, 2.45) is 0 Å². The number of aromatic nitrogens is 1. The van der Waals surface area contributed by atoms with Crippen LogP contribution in [-0.2, 0) is 11.2 Å². The predicted octanol–water partition coefficient (Wildman–Crippen LogP) is 3.92. The van der Waals surface area contributed by atoms with E-state index < -0.39 is 11.9 Å². The Labute approximate surface area is 135 Å². The van der Waals surface area contributed by atoms with Gasteiger partial charge in [-0.1, -0.05) is 23.7 Å². The first-order valence-corrected chi connectivity index (χ1v) is 7.35. The number of hydrogen-bond acceptors (Lipinski definition) is 3. The highest BCUT2D eigenvalue weighted by molar-refractivity contribution is 9.10. The molecule has 0 aliphatic heterocycles. The highest BCUT2D eigenvalue weighted by Gasteiger charge is 2.24. The van der Waals surface area contributed by atoms with E-state index in [1.807, 2.05) is 12.1 Å². The summed E-state index contributed by atoms with van der Waals surface area (Å²) in [6.07, 6.45) is 1.79. The predicted molar refractivity (Wildman–Crippen MR) is 84.0 cm³/mol. The van der Waals surface area contributed by atoms with Crippen molar-refractivity contribution in [3.63, 3.8) is 0 Å². The number of aliphatic carboxylic acids is 1. The Hall–Kier alpha value is -1.59. The van der Waals surface area contributed by atoms with Crippen LogP contribution in [-0.4, -0.2) is 23.2 Å². The van der Waals surface area contributed by atoms with Gasteiger partial charge in [0.05, 0.1) is 17.8 Å². The van der Waals surface area contributed by atoms with E-state index >= 15 is 0 Å². The molecule has 21 heavy (non-hydrogen) atoms. The number of nitrogens with zero attached hydrogens (tertiary/aromatic N) is 1. The van der Waals surface area contributed by atoms with Gasteiger partial charge in [-0.15, -0.1) is 0 Å². The van der Waals surface area contributed by atoms with Crippen molar-refractivity contribution >= 4 is 33.5 Å². The van der Waals surface area contributed by atoms with Gasteiger partial charge in [-0.3, -0.25) is 9.78 Å². The van der Waals surface area contributed by atoms with E-state index in [0.29, 0.717) is 21.6 Å². The molecule has 0 amide bonds. The zero-order valence-electron chi connectivity index (χ0n) is 11.2. The van der Waals surface area contributed by atoms with Crippen LogP contribution in [0.5, 0.6) is 5.75 Å². The molecule has 0 bridgehead atoms. The Morgan fingerprint density at radius 1 is 1.43 bits per heavy atom. The van der Waals surface area contributed by atoms with Gasteiger partial charge in [0.1, 0.15) is 11.7 Å². The number of rotatable bonds is 5. The minimum Gasteiger partial charge on any atom is -0.497 e. The van der Waals surface area contributed by atoms with Crippen LogP contribution in [0, 0.1) is 0 Å². The quantitative estimate of drug-likeness (QED) is 0.866. The first-order valence-electron chi connectivity index (χ1n) is 6.18. The third-order valence-electron chi connectivity index (χ3n) is 3.06. The van der Waals surface area contributed by atoms with E-state index in [0.717, 1.165) is 11.3 Å². The van der Waals surface area contributed by atoms with Crippen LogP contribution in [0.4, 0.5) is 0 Å². The second-order valence-electron chi connectivity index (χ2n) is 4.46. The molecular weight excluding hydrogens is 358 g/mol. The van der Waals surface area contributed by atoms with Crippen LogP contribution in [0.3, 0.4) is 0 Å². The molecule has 0 saturated carbocycles. The number of pyridine rings is 1. The van der Waals surface area contributed by atoms with Crippen LogP contribution in [0.15, 0.2) is 41.0 Å². The Morgan fingerprint density at radius 2 is 2.10 bits per heavy atom. The summed E-state index contributed by atoms with van der Waals surface area (Å²) in [6.45, 7) is 0. The fraction of sp³-hybridized carbons (Fsp3) is 0.200. The summed E-state index contributed by atoms with van der Waals surface area (Å²) in [5.41, 5.74) is 1.36. The van der Waals surface area contributed by atoms with Crippen LogP contribution < -0.4 is 4.74 Å². The molecule has 1 aromatic heterocycles. The molecule has 2 rings (SSSR count). The summed E-state index contributed by atoms with van der Waals surface area (Å²) in [5.74, 6) is -0.942. The molecule has 0 spiro atoms. The molecule has 1 atom stereocenters. The second kappa shape index (κ2) is 6.91. The summed E-state index contributed by atoms with van der Waals surface area (Å²) in [6, 6.07) is 8.95. The zero-order valence-corrected chi connectivity index (χ0v) is 13.6. The topological polar surface area (TPSA) is 59.4 Å². The summed E-state index contributed by atoms with van der Waals surface area (Å²) < 4.78 is 5.68. The molecule has 1 aromatic carbocycles. The normalized spacial score (nSPS) is 12.0. The number of ether oxygens (including phenoxy) is 1. The minimum absolute atomic E-state index is 0.340. The van der Waals surface area contributed by atoms with Crippen LogP contribution >= 0.6 is 27.5 Å². The number of hydrogen-bond donors (Lipinski definition) is 1. The van der Waals surface area contributed by atoms with Gasteiger partial charge in [0.25, 0.3) is 0 Å². The van der Waals surface area contributed by atoms with Gasteiger partial charge >= 0.3 is 5.97 Å². The Bertz CT molecular complexity index is 646. The van der Waals surface area contributed by atoms with Gasteiger partial charge < -0.3 is 9.84 Å². The number of carboxylic acids is 1. The maximum absolute atomic E-state index is 11.5. The monoisotopic (exact) mass is 369 g/mol. The summed E-state index contributed by atoms with van der Waals surface area (Å²) >= 11 is 9.16. The third-order valence-corrected chi connectivity index (χ3v) is 3.91. The molecular formula is C15H13BrClNO3. The lowest BCUT2D eigenvalue weighted by Crippen LogP contribution is -2.16. The van der Waals surface area contributed by atoms with Gasteiger partial charge in [-0.25, -0.2) is 0 Å². The summed E-state index contributed by atoms with van der Waals surface area (Å²) in [7, 11) is 1.59. The van der Waals surface area contributed by atoms with Crippen LogP contribution in [0.1, 0.15) is 17.2 Å². The first-order chi connectivity index (χ1) is 10.0. The lowest BCUT2D eigenvalue weighted by Gasteiger charge is -2.14. The molecule has 1 N–H and O–H groups in total. The molecule has 1 heterocycles. The van der Waals surface area contributed by atoms with E-state index in [1.165, 1.54) is 6.20 Å². The largest absolute Gasteiger partial charge is 0.497 e. The van der Waals surface area contributed by atoms with Gasteiger partial charge in [0, 0.05) is 10.7 Å². The minimum atomic E-state index is -0.929. The number of methoxy groups -OCH3 is 1. The number of halogens is 2. The molecule has 0 fully saturated rings. The highest BCUT2D eigenvalue weighted by Crippen LogP contribution is 2.29. The second-order valence-corrected chi connectivity index (χ2v) is 5.75. The van der Waals surface area contributed by atoms with E-state index in [4.69, 9.17) is 16.3 Å². The molecule has 1 unspecified atom stereocenters. The van der Waals surface area contributed by atoms with Crippen LogP contribution in [0.25, 0.3) is 0 Å². The number of carboxylic acid groups (broad SMARTS) is 1. The zero-order chi connectivity index (χ0) is 15.4. The smallest absolute Gasteiger partial charge is 0.312 e. The molecule has 4 nitrogen and oxygen atoms in total. The van der Waals surface area contributed by atoms with Crippen molar-refractivity contribution in [1.29, 1.82) is 0 Å². The molecule has 2 aromatic rings. The molecule has 0 aliphatic carbocycles. The standard InChI is InChI=1S/C15H13BrClNO3/c1-21-11-4-2-9(3-5-11)6-12(15(19)20)14-13(16)7-10(17)8-18-14/h2-5,7-8,12H,6H2,1H3,(H,19,20). The third kappa shape index (κ3) is 3.95. The van der Waals surface area contributed by atoms with Crippen molar-refractivity contribution in [2.75, 3.05) is 7.11 Å². The molecule has 0 radical (unpaired) electrons.